The minimum absolute atomic E-state index is 0.597. The van der Waals surface area contributed by atoms with Crippen molar-refractivity contribution in [1.29, 1.82) is 0 Å². The Morgan fingerprint density at radius 2 is 1.58 bits per heavy atom. The Kier molecular flexibility index (Phi) is 4.75. The Labute approximate surface area is 119 Å². The summed E-state index contributed by atoms with van der Waals surface area (Å²) in [5.74, 6) is 0. The molecule has 0 spiro atoms. The van der Waals surface area contributed by atoms with Gasteiger partial charge < -0.3 is 5.32 Å². The maximum atomic E-state index is 5.18. The van der Waals surface area contributed by atoms with Crippen molar-refractivity contribution in [2.45, 2.75) is 6.54 Å². The van der Waals surface area contributed by atoms with Gasteiger partial charge in [0, 0.05) is 7.05 Å². The van der Waals surface area contributed by atoms with E-state index in [-0.39, 0.29) is 0 Å². The van der Waals surface area contributed by atoms with Gasteiger partial charge in [-0.2, -0.15) is 0 Å². The zero-order valence-corrected chi connectivity index (χ0v) is 11.7. The van der Waals surface area contributed by atoms with E-state index in [1.807, 2.05) is 53.5 Å². The molecule has 19 heavy (non-hydrogen) atoms. The molecule has 0 aromatic heterocycles. The van der Waals surface area contributed by atoms with Gasteiger partial charge in [0.05, 0.1) is 12.2 Å². The normalized spacial score (nSPS) is 9.74. The first-order chi connectivity index (χ1) is 9.29. The van der Waals surface area contributed by atoms with Crippen LogP contribution in [0.15, 0.2) is 60.7 Å². The van der Waals surface area contributed by atoms with Crippen molar-refractivity contribution in [2.24, 2.45) is 0 Å². The molecule has 0 aliphatic rings. The van der Waals surface area contributed by atoms with E-state index in [0.717, 1.165) is 12.2 Å². The van der Waals surface area contributed by atoms with Gasteiger partial charge in [0.1, 0.15) is 0 Å². The molecule has 2 aromatic carbocycles. The molecule has 0 fully saturated rings. The standard InChI is InChI=1S/C15H17N3S/c1-16-15(19)17-18(14-10-6-3-7-11-14)12-13-8-4-2-5-9-13/h2-11H,12H2,1H3,(H2,16,17,19). The van der Waals surface area contributed by atoms with Crippen molar-refractivity contribution in [2.75, 3.05) is 12.1 Å². The van der Waals surface area contributed by atoms with Gasteiger partial charge in [0.15, 0.2) is 5.11 Å². The first-order valence-corrected chi connectivity index (χ1v) is 6.55. The molecule has 0 heterocycles. The third-order valence-corrected chi connectivity index (χ3v) is 3.01. The molecule has 0 saturated carbocycles. The summed E-state index contributed by atoms with van der Waals surface area (Å²) in [6, 6.07) is 20.4. The van der Waals surface area contributed by atoms with Crippen molar-refractivity contribution in [3.63, 3.8) is 0 Å². The summed E-state index contributed by atoms with van der Waals surface area (Å²) in [5.41, 5.74) is 5.48. The molecular formula is C15H17N3S. The number of rotatable bonds is 4. The lowest BCUT2D eigenvalue weighted by molar-refractivity contribution is 0.755. The average molecular weight is 271 g/mol. The van der Waals surface area contributed by atoms with E-state index in [1.54, 1.807) is 7.05 Å². The molecule has 0 aliphatic heterocycles. The Morgan fingerprint density at radius 3 is 2.16 bits per heavy atom. The van der Waals surface area contributed by atoms with E-state index in [9.17, 15) is 0 Å². The highest BCUT2D eigenvalue weighted by atomic mass is 32.1. The summed E-state index contributed by atoms with van der Waals surface area (Å²) in [7, 11) is 1.81. The van der Waals surface area contributed by atoms with Crippen LogP contribution < -0.4 is 15.8 Å². The molecule has 0 bridgehead atoms. The van der Waals surface area contributed by atoms with Gasteiger partial charge in [-0.1, -0.05) is 48.5 Å². The minimum atomic E-state index is 0.597. The molecule has 0 amide bonds. The van der Waals surface area contributed by atoms with Crippen molar-refractivity contribution in [3.8, 4) is 0 Å². The van der Waals surface area contributed by atoms with Crippen LogP contribution in [0, 0.1) is 0 Å². The van der Waals surface area contributed by atoms with E-state index < -0.39 is 0 Å². The average Bonchev–Trinajstić information content (AvgIpc) is 2.48. The number of nitrogens with one attached hydrogen (secondary N) is 2. The van der Waals surface area contributed by atoms with Crippen LogP contribution in [0.1, 0.15) is 5.56 Å². The highest BCUT2D eigenvalue weighted by Crippen LogP contribution is 2.14. The lowest BCUT2D eigenvalue weighted by Crippen LogP contribution is -2.45. The predicted molar refractivity (Wildman–Crippen MR) is 83.9 cm³/mol. The molecule has 2 aromatic rings. The van der Waals surface area contributed by atoms with Crippen LogP contribution in [-0.4, -0.2) is 12.2 Å². The zero-order chi connectivity index (χ0) is 13.5. The number of hydrazine groups is 1. The summed E-state index contributed by atoms with van der Waals surface area (Å²) in [6.45, 7) is 0.743. The molecule has 0 radical (unpaired) electrons. The largest absolute Gasteiger partial charge is 0.364 e. The maximum Gasteiger partial charge on any atom is 0.185 e. The van der Waals surface area contributed by atoms with Gasteiger partial charge in [0.25, 0.3) is 0 Å². The predicted octanol–water partition coefficient (Wildman–Crippen LogP) is 2.70. The summed E-state index contributed by atoms with van der Waals surface area (Å²) < 4.78 is 0. The molecule has 3 nitrogen and oxygen atoms in total. The smallest absolute Gasteiger partial charge is 0.185 e. The third-order valence-electron chi connectivity index (χ3n) is 2.71. The minimum Gasteiger partial charge on any atom is -0.364 e. The van der Waals surface area contributed by atoms with Crippen LogP contribution in [0.25, 0.3) is 0 Å². The molecule has 0 unspecified atom stereocenters. The number of thiocarbonyl (C=S) groups is 1. The van der Waals surface area contributed by atoms with Crippen LogP contribution >= 0.6 is 12.2 Å². The molecule has 4 heteroatoms. The molecule has 0 aliphatic carbocycles. The first kappa shape index (κ1) is 13.4. The number of hydrogen-bond acceptors (Lipinski definition) is 2. The Morgan fingerprint density at radius 1 is 1.00 bits per heavy atom. The van der Waals surface area contributed by atoms with Crippen LogP contribution in [-0.2, 0) is 6.54 Å². The van der Waals surface area contributed by atoms with Gasteiger partial charge in [-0.3, -0.25) is 10.4 Å². The van der Waals surface area contributed by atoms with E-state index in [2.05, 4.69) is 22.9 Å². The monoisotopic (exact) mass is 271 g/mol. The van der Waals surface area contributed by atoms with Gasteiger partial charge in [0.2, 0.25) is 0 Å². The van der Waals surface area contributed by atoms with Crippen LogP contribution in [0.2, 0.25) is 0 Å². The van der Waals surface area contributed by atoms with Crippen molar-refractivity contribution in [3.05, 3.63) is 66.2 Å². The summed E-state index contributed by atoms with van der Waals surface area (Å²) in [4.78, 5) is 0. The molecular weight excluding hydrogens is 254 g/mol. The molecule has 0 saturated heterocycles. The summed E-state index contributed by atoms with van der Waals surface area (Å²) >= 11 is 5.18. The fourth-order valence-corrected chi connectivity index (χ4v) is 1.86. The second-order valence-corrected chi connectivity index (χ2v) is 4.51. The summed E-state index contributed by atoms with van der Waals surface area (Å²) in [6.07, 6.45) is 0. The Bertz CT molecular complexity index is 513. The van der Waals surface area contributed by atoms with E-state index >= 15 is 0 Å². The maximum absolute atomic E-state index is 5.18. The van der Waals surface area contributed by atoms with Gasteiger partial charge in [-0.05, 0) is 29.9 Å². The summed E-state index contributed by atoms with van der Waals surface area (Å²) in [5, 5.41) is 5.55. The molecule has 0 atom stereocenters. The fourth-order valence-electron chi connectivity index (χ4n) is 1.75. The number of anilines is 1. The second-order valence-electron chi connectivity index (χ2n) is 4.10. The van der Waals surface area contributed by atoms with Gasteiger partial charge >= 0.3 is 0 Å². The van der Waals surface area contributed by atoms with Crippen molar-refractivity contribution < 1.29 is 0 Å². The van der Waals surface area contributed by atoms with Gasteiger partial charge in [-0.25, -0.2) is 0 Å². The lowest BCUT2D eigenvalue weighted by Gasteiger charge is -2.26. The second kappa shape index (κ2) is 6.75. The number of hydrogen-bond donors (Lipinski definition) is 2. The lowest BCUT2D eigenvalue weighted by atomic mass is 10.2. The first-order valence-electron chi connectivity index (χ1n) is 6.14. The van der Waals surface area contributed by atoms with E-state index in [4.69, 9.17) is 12.2 Å². The quantitative estimate of drug-likeness (QED) is 0.660. The van der Waals surface area contributed by atoms with Crippen LogP contribution in [0.4, 0.5) is 5.69 Å². The topological polar surface area (TPSA) is 27.3 Å². The van der Waals surface area contributed by atoms with Crippen LogP contribution in [0.5, 0.6) is 0 Å². The molecule has 98 valence electrons. The van der Waals surface area contributed by atoms with Crippen molar-refractivity contribution >= 4 is 23.0 Å². The zero-order valence-electron chi connectivity index (χ0n) is 10.8. The highest BCUT2D eigenvalue weighted by Gasteiger charge is 2.07. The van der Waals surface area contributed by atoms with Crippen LogP contribution in [0.3, 0.4) is 0 Å². The van der Waals surface area contributed by atoms with E-state index in [0.29, 0.717) is 5.11 Å². The number of nitrogens with zero attached hydrogens (tertiary/aromatic N) is 1. The fraction of sp³-hybridized carbons (Fsp3) is 0.133. The Balaban J connectivity index is 2.17. The van der Waals surface area contributed by atoms with Gasteiger partial charge in [-0.15, -0.1) is 0 Å². The SMILES string of the molecule is CNC(=S)NN(Cc1ccccc1)c1ccccc1. The number of benzene rings is 2. The molecule has 2 N–H and O–H groups in total. The third kappa shape index (κ3) is 3.96. The van der Waals surface area contributed by atoms with Crippen molar-refractivity contribution in [1.82, 2.24) is 10.7 Å². The molecule has 2 rings (SSSR count). The highest BCUT2D eigenvalue weighted by molar-refractivity contribution is 7.80. The number of para-hydroxylation sites is 1. The van der Waals surface area contributed by atoms with E-state index in [1.165, 1.54) is 5.56 Å². The Hall–Kier alpha value is -2.07.